The maximum Gasteiger partial charge on any atom is 0.223 e. The summed E-state index contributed by atoms with van der Waals surface area (Å²) in [6.07, 6.45) is 4.67. The normalized spacial score (nSPS) is 15.2. The summed E-state index contributed by atoms with van der Waals surface area (Å²) in [5.74, 6) is 0.207. The summed E-state index contributed by atoms with van der Waals surface area (Å²) >= 11 is 0. The standard InChI is InChI=1S/C18H23N3O3/c1-13(2)18(23)15-11-19-21-12-14(3-5-16(15)21)4-6-17(22)20-7-9-24-10-8-20/h3,5,11-13H,4,6-10H2,1-2H3. The van der Waals surface area contributed by atoms with Crippen LogP contribution in [-0.2, 0) is 16.0 Å². The molecule has 0 radical (unpaired) electrons. The third-order valence-electron chi connectivity index (χ3n) is 4.36. The van der Waals surface area contributed by atoms with Gasteiger partial charge in [0.25, 0.3) is 0 Å². The molecule has 24 heavy (non-hydrogen) atoms. The Balaban J connectivity index is 1.68. The van der Waals surface area contributed by atoms with Crippen molar-refractivity contribution in [3.05, 3.63) is 35.7 Å². The Morgan fingerprint density at radius 1 is 1.25 bits per heavy atom. The lowest BCUT2D eigenvalue weighted by Crippen LogP contribution is -2.40. The molecule has 0 N–H and O–H groups in total. The highest BCUT2D eigenvalue weighted by Gasteiger charge is 2.18. The van der Waals surface area contributed by atoms with E-state index in [1.165, 1.54) is 0 Å². The number of aromatic nitrogens is 2. The van der Waals surface area contributed by atoms with E-state index < -0.39 is 0 Å². The molecule has 0 spiro atoms. The van der Waals surface area contributed by atoms with E-state index in [1.807, 2.05) is 37.1 Å². The molecule has 3 heterocycles. The van der Waals surface area contributed by atoms with Crippen molar-refractivity contribution in [1.29, 1.82) is 0 Å². The molecule has 1 saturated heterocycles. The summed E-state index contributed by atoms with van der Waals surface area (Å²) in [5.41, 5.74) is 2.51. The molecule has 0 aromatic carbocycles. The van der Waals surface area contributed by atoms with Gasteiger partial charge in [0.05, 0.1) is 30.5 Å². The third-order valence-corrected chi connectivity index (χ3v) is 4.36. The molecule has 128 valence electrons. The summed E-state index contributed by atoms with van der Waals surface area (Å²) in [7, 11) is 0. The van der Waals surface area contributed by atoms with E-state index in [0.717, 1.165) is 11.1 Å². The van der Waals surface area contributed by atoms with Crippen molar-refractivity contribution in [1.82, 2.24) is 14.5 Å². The number of amides is 1. The van der Waals surface area contributed by atoms with Crippen LogP contribution in [-0.4, -0.2) is 52.5 Å². The van der Waals surface area contributed by atoms with Crippen LogP contribution in [0, 0.1) is 5.92 Å². The van der Waals surface area contributed by atoms with Gasteiger partial charge in [0.2, 0.25) is 5.91 Å². The van der Waals surface area contributed by atoms with Crippen LogP contribution in [0.15, 0.2) is 24.5 Å². The van der Waals surface area contributed by atoms with E-state index in [1.54, 1.807) is 10.7 Å². The molecule has 0 bridgehead atoms. The van der Waals surface area contributed by atoms with Gasteiger partial charge < -0.3 is 9.64 Å². The average molecular weight is 329 g/mol. The summed E-state index contributed by atoms with van der Waals surface area (Å²) in [5, 5.41) is 4.28. The van der Waals surface area contributed by atoms with Crippen molar-refractivity contribution in [2.75, 3.05) is 26.3 Å². The van der Waals surface area contributed by atoms with Crippen LogP contribution in [0.25, 0.3) is 5.52 Å². The first-order chi connectivity index (χ1) is 11.6. The van der Waals surface area contributed by atoms with Crippen LogP contribution in [0.2, 0.25) is 0 Å². The number of rotatable bonds is 5. The Labute approximate surface area is 141 Å². The number of Topliss-reactive ketones (excluding diaryl/α,β-unsaturated/α-hetero) is 1. The molecule has 0 unspecified atom stereocenters. The minimum absolute atomic E-state index is 0.0520. The van der Waals surface area contributed by atoms with Gasteiger partial charge in [0.15, 0.2) is 5.78 Å². The van der Waals surface area contributed by atoms with Gasteiger partial charge in [0, 0.05) is 31.6 Å². The molecule has 2 aromatic heterocycles. The van der Waals surface area contributed by atoms with Crippen LogP contribution < -0.4 is 0 Å². The number of fused-ring (bicyclic) bond motifs is 1. The smallest absolute Gasteiger partial charge is 0.223 e. The zero-order valence-corrected chi connectivity index (χ0v) is 14.2. The zero-order chi connectivity index (χ0) is 17.1. The topological polar surface area (TPSA) is 63.9 Å². The molecule has 2 aromatic rings. The van der Waals surface area contributed by atoms with Crippen molar-refractivity contribution in [3.8, 4) is 0 Å². The van der Waals surface area contributed by atoms with Crippen LogP contribution in [0.5, 0.6) is 0 Å². The van der Waals surface area contributed by atoms with E-state index in [2.05, 4.69) is 5.10 Å². The number of aryl methyl sites for hydroxylation is 1. The highest BCUT2D eigenvalue weighted by molar-refractivity contribution is 6.03. The number of carbonyl (C=O) groups excluding carboxylic acids is 2. The summed E-state index contributed by atoms with van der Waals surface area (Å²) < 4.78 is 6.99. The van der Waals surface area contributed by atoms with Gasteiger partial charge in [-0.2, -0.15) is 5.10 Å². The first kappa shape index (κ1) is 16.6. The monoisotopic (exact) mass is 329 g/mol. The molecular formula is C18H23N3O3. The fourth-order valence-electron chi connectivity index (χ4n) is 2.90. The van der Waals surface area contributed by atoms with Gasteiger partial charge in [-0.15, -0.1) is 0 Å². The number of hydrogen-bond donors (Lipinski definition) is 0. The largest absolute Gasteiger partial charge is 0.378 e. The van der Waals surface area contributed by atoms with Crippen molar-refractivity contribution < 1.29 is 14.3 Å². The Morgan fingerprint density at radius 2 is 2.00 bits per heavy atom. The maximum atomic E-state index is 12.2. The number of morpholine rings is 1. The van der Waals surface area contributed by atoms with Crippen LogP contribution >= 0.6 is 0 Å². The Hall–Kier alpha value is -2.21. The fraction of sp³-hybridized carbons (Fsp3) is 0.500. The maximum absolute atomic E-state index is 12.2. The fourth-order valence-corrected chi connectivity index (χ4v) is 2.90. The molecular weight excluding hydrogens is 306 g/mol. The second kappa shape index (κ2) is 7.13. The van der Waals surface area contributed by atoms with Gasteiger partial charge in [0.1, 0.15) is 0 Å². The predicted molar refractivity (Wildman–Crippen MR) is 90.1 cm³/mol. The molecule has 0 saturated carbocycles. The zero-order valence-electron chi connectivity index (χ0n) is 14.2. The van der Waals surface area contributed by atoms with Gasteiger partial charge in [-0.05, 0) is 18.1 Å². The molecule has 0 aliphatic carbocycles. The lowest BCUT2D eigenvalue weighted by Gasteiger charge is -2.26. The highest BCUT2D eigenvalue weighted by atomic mass is 16.5. The molecule has 6 nitrogen and oxygen atoms in total. The molecule has 1 amide bonds. The first-order valence-corrected chi connectivity index (χ1v) is 8.42. The Bertz CT molecular complexity index is 745. The van der Waals surface area contributed by atoms with E-state index in [4.69, 9.17) is 4.74 Å². The van der Waals surface area contributed by atoms with Crippen molar-refractivity contribution in [2.24, 2.45) is 5.92 Å². The highest BCUT2D eigenvalue weighted by Crippen LogP contribution is 2.17. The van der Waals surface area contributed by atoms with Gasteiger partial charge >= 0.3 is 0 Å². The quantitative estimate of drug-likeness (QED) is 0.787. The van der Waals surface area contributed by atoms with Gasteiger partial charge in [-0.1, -0.05) is 19.9 Å². The molecule has 1 fully saturated rings. The summed E-state index contributed by atoms with van der Waals surface area (Å²) in [4.78, 5) is 26.2. The van der Waals surface area contributed by atoms with E-state index in [0.29, 0.717) is 44.7 Å². The number of pyridine rings is 1. The van der Waals surface area contributed by atoms with Crippen LogP contribution in [0.4, 0.5) is 0 Å². The Kier molecular flexibility index (Phi) is 4.94. The number of carbonyl (C=O) groups is 2. The minimum Gasteiger partial charge on any atom is -0.378 e. The van der Waals surface area contributed by atoms with Gasteiger partial charge in [-0.3, -0.25) is 9.59 Å². The molecule has 1 aliphatic heterocycles. The minimum atomic E-state index is -0.0520. The van der Waals surface area contributed by atoms with Crippen LogP contribution in [0.1, 0.15) is 36.2 Å². The second-order valence-corrected chi connectivity index (χ2v) is 6.44. The summed E-state index contributed by atoms with van der Waals surface area (Å²) in [6.45, 7) is 6.37. The molecule has 3 rings (SSSR count). The van der Waals surface area contributed by atoms with E-state index >= 15 is 0 Å². The number of nitrogens with zero attached hydrogens (tertiary/aromatic N) is 3. The Morgan fingerprint density at radius 3 is 2.71 bits per heavy atom. The van der Waals surface area contributed by atoms with Crippen molar-refractivity contribution in [2.45, 2.75) is 26.7 Å². The molecule has 0 atom stereocenters. The second-order valence-electron chi connectivity index (χ2n) is 6.44. The predicted octanol–water partition coefficient (Wildman–Crippen LogP) is 1.96. The van der Waals surface area contributed by atoms with Crippen LogP contribution in [0.3, 0.4) is 0 Å². The molecule has 6 heteroatoms. The summed E-state index contributed by atoms with van der Waals surface area (Å²) in [6, 6.07) is 3.89. The number of ketones is 1. The van der Waals surface area contributed by atoms with E-state index in [9.17, 15) is 9.59 Å². The first-order valence-electron chi connectivity index (χ1n) is 8.42. The lowest BCUT2D eigenvalue weighted by molar-refractivity contribution is -0.135. The van der Waals surface area contributed by atoms with Gasteiger partial charge in [-0.25, -0.2) is 4.52 Å². The number of hydrogen-bond acceptors (Lipinski definition) is 4. The third kappa shape index (κ3) is 3.48. The lowest BCUT2D eigenvalue weighted by atomic mass is 10.0. The van der Waals surface area contributed by atoms with Crippen molar-refractivity contribution in [3.63, 3.8) is 0 Å². The molecule has 1 aliphatic rings. The number of ether oxygens (including phenoxy) is 1. The van der Waals surface area contributed by atoms with Crippen molar-refractivity contribution >= 4 is 17.2 Å². The average Bonchev–Trinajstić information content (AvgIpc) is 3.02. The SMILES string of the molecule is CC(C)C(=O)c1cnn2cc(CCC(=O)N3CCOCC3)ccc12. The van der Waals surface area contributed by atoms with E-state index in [-0.39, 0.29) is 17.6 Å².